The van der Waals surface area contributed by atoms with E-state index in [1.807, 2.05) is 6.07 Å². The van der Waals surface area contributed by atoms with Crippen LogP contribution in [0.15, 0.2) is 12.1 Å². The highest BCUT2D eigenvalue weighted by Crippen LogP contribution is 2.35. The third-order valence-electron chi connectivity index (χ3n) is 3.17. The Bertz CT molecular complexity index is 377. The van der Waals surface area contributed by atoms with Gasteiger partial charge in [0.25, 0.3) is 0 Å². The second-order valence-electron chi connectivity index (χ2n) is 4.47. The van der Waals surface area contributed by atoms with Crippen LogP contribution in [0.3, 0.4) is 0 Å². The molecule has 0 saturated heterocycles. The fraction of sp³-hybridized carbons (Fsp3) is 0.571. The third kappa shape index (κ3) is 2.91. The lowest BCUT2D eigenvalue weighted by atomic mass is 10.0. The average molecular weight is 235 g/mol. The molecule has 3 nitrogen and oxygen atoms in total. The van der Waals surface area contributed by atoms with Crippen molar-refractivity contribution in [1.82, 2.24) is 0 Å². The standard InChI is InChI=1S/C14H21NO2/c1-11-12(5-2-3-8-15)6-7-13-14(11)17-10-4-9-16-13/h6-7H,2-5,8-10,15H2,1H3. The maximum Gasteiger partial charge on any atom is 0.164 e. The Labute approximate surface area is 103 Å². The van der Waals surface area contributed by atoms with Crippen molar-refractivity contribution in [2.45, 2.75) is 32.6 Å². The largest absolute Gasteiger partial charge is 0.490 e. The normalized spacial score (nSPS) is 14.5. The number of ether oxygens (including phenoxy) is 2. The first kappa shape index (κ1) is 12.2. The Morgan fingerprint density at radius 1 is 1.18 bits per heavy atom. The molecule has 1 aromatic rings. The Morgan fingerprint density at radius 3 is 2.82 bits per heavy atom. The van der Waals surface area contributed by atoms with Crippen molar-refractivity contribution in [3.8, 4) is 11.5 Å². The first-order chi connectivity index (χ1) is 8.33. The molecule has 0 spiro atoms. The summed E-state index contributed by atoms with van der Waals surface area (Å²) in [6.45, 7) is 4.38. The summed E-state index contributed by atoms with van der Waals surface area (Å²) in [5, 5.41) is 0. The van der Waals surface area contributed by atoms with Gasteiger partial charge in [-0.2, -0.15) is 0 Å². The van der Waals surface area contributed by atoms with Gasteiger partial charge >= 0.3 is 0 Å². The lowest BCUT2D eigenvalue weighted by molar-refractivity contribution is 0.296. The summed E-state index contributed by atoms with van der Waals surface area (Å²) < 4.78 is 11.4. The van der Waals surface area contributed by atoms with Crippen molar-refractivity contribution in [2.75, 3.05) is 19.8 Å². The maximum atomic E-state index is 5.78. The van der Waals surface area contributed by atoms with Crippen LogP contribution in [0.4, 0.5) is 0 Å². The van der Waals surface area contributed by atoms with Gasteiger partial charge in [0.15, 0.2) is 11.5 Å². The van der Waals surface area contributed by atoms with Gasteiger partial charge in [0.2, 0.25) is 0 Å². The molecule has 0 fully saturated rings. The van der Waals surface area contributed by atoms with E-state index < -0.39 is 0 Å². The molecule has 1 aliphatic heterocycles. The molecule has 17 heavy (non-hydrogen) atoms. The molecule has 94 valence electrons. The van der Waals surface area contributed by atoms with E-state index in [2.05, 4.69) is 13.0 Å². The quantitative estimate of drug-likeness (QED) is 0.815. The number of hydrogen-bond acceptors (Lipinski definition) is 3. The molecule has 0 amide bonds. The summed E-state index contributed by atoms with van der Waals surface area (Å²) >= 11 is 0. The van der Waals surface area contributed by atoms with E-state index in [4.69, 9.17) is 15.2 Å². The van der Waals surface area contributed by atoms with E-state index in [-0.39, 0.29) is 0 Å². The number of nitrogens with two attached hydrogens (primary N) is 1. The molecular formula is C14H21NO2. The monoisotopic (exact) mass is 235 g/mol. The molecule has 0 saturated carbocycles. The van der Waals surface area contributed by atoms with Crippen LogP contribution in [0.1, 0.15) is 30.4 Å². The van der Waals surface area contributed by atoms with Gasteiger partial charge in [-0.25, -0.2) is 0 Å². The van der Waals surface area contributed by atoms with Crippen LogP contribution in [0.2, 0.25) is 0 Å². The summed E-state index contributed by atoms with van der Waals surface area (Å²) in [6.07, 6.45) is 4.24. The van der Waals surface area contributed by atoms with Gasteiger partial charge < -0.3 is 15.2 Å². The fourth-order valence-electron chi connectivity index (χ4n) is 2.15. The minimum absolute atomic E-state index is 0.749. The van der Waals surface area contributed by atoms with Gasteiger partial charge in [-0.3, -0.25) is 0 Å². The highest BCUT2D eigenvalue weighted by molar-refractivity contribution is 5.50. The number of aryl methyl sites for hydroxylation is 1. The lowest BCUT2D eigenvalue weighted by Gasteiger charge is -2.13. The molecule has 3 heteroatoms. The van der Waals surface area contributed by atoms with E-state index in [9.17, 15) is 0 Å². The Morgan fingerprint density at radius 2 is 2.00 bits per heavy atom. The van der Waals surface area contributed by atoms with E-state index >= 15 is 0 Å². The van der Waals surface area contributed by atoms with Crippen LogP contribution >= 0.6 is 0 Å². The molecule has 0 bridgehead atoms. The van der Waals surface area contributed by atoms with Gasteiger partial charge in [-0.15, -0.1) is 0 Å². The van der Waals surface area contributed by atoms with Crippen molar-refractivity contribution in [2.24, 2.45) is 5.73 Å². The Balaban J connectivity index is 2.16. The van der Waals surface area contributed by atoms with Crippen LogP contribution in [0.5, 0.6) is 11.5 Å². The van der Waals surface area contributed by atoms with Gasteiger partial charge in [0.1, 0.15) is 0 Å². The van der Waals surface area contributed by atoms with Crippen molar-refractivity contribution in [1.29, 1.82) is 0 Å². The minimum atomic E-state index is 0.749. The van der Waals surface area contributed by atoms with E-state index in [0.717, 1.165) is 56.9 Å². The molecule has 0 aliphatic carbocycles. The first-order valence-corrected chi connectivity index (χ1v) is 6.41. The predicted octanol–water partition coefficient (Wildman–Crippen LogP) is 2.44. The van der Waals surface area contributed by atoms with Crippen molar-refractivity contribution in [3.63, 3.8) is 0 Å². The number of benzene rings is 1. The van der Waals surface area contributed by atoms with Crippen LogP contribution in [0.25, 0.3) is 0 Å². The summed E-state index contributed by atoms with van der Waals surface area (Å²) in [6, 6.07) is 4.19. The molecule has 2 N–H and O–H groups in total. The molecule has 0 aromatic heterocycles. The SMILES string of the molecule is Cc1c(CCCCN)ccc2c1OCCCO2. The first-order valence-electron chi connectivity index (χ1n) is 6.41. The Hall–Kier alpha value is -1.22. The second kappa shape index (κ2) is 5.92. The minimum Gasteiger partial charge on any atom is -0.490 e. The summed E-state index contributed by atoms with van der Waals surface area (Å²) in [4.78, 5) is 0. The molecule has 2 rings (SSSR count). The van der Waals surface area contributed by atoms with Crippen LogP contribution in [0, 0.1) is 6.92 Å². The van der Waals surface area contributed by atoms with Gasteiger partial charge in [-0.05, 0) is 49.9 Å². The van der Waals surface area contributed by atoms with E-state index in [1.54, 1.807) is 0 Å². The molecule has 0 atom stereocenters. The average Bonchev–Trinajstić information content (AvgIpc) is 2.58. The highest BCUT2D eigenvalue weighted by Gasteiger charge is 2.14. The zero-order valence-corrected chi connectivity index (χ0v) is 10.5. The number of unbranched alkanes of at least 4 members (excludes halogenated alkanes) is 1. The molecule has 1 aromatic carbocycles. The molecule has 0 radical (unpaired) electrons. The number of hydrogen-bond donors (Lipinski definition) is 1. The van der Waals surface area contributed by atoms with Crippen LogP contribution < -0.4 is 15.2 Å². The molecule has 1 aliphatic rings. The van der Waals surface area contributed by atoms with Crippen molar-refractivity contribution in [3.05, 3.63) is 23.3 Å². The molecule has 0 unspecified atom stereocenters. The van der Waals surface area contributed by atoms with Crippen molar-refractivity contribution < 1.29 is 9.47 Å². The van der Waals surface area contributed by atoms with Crippen molar-refractivity contribution >= 4 is 0 Å². The Kier molecular flexibility index (Phi) is 4.26. The van der Waals surface area contributed by atoms with Gasteiger partial charge in [0.05, 0.1) is 13.2 Å². The summed E-state index contributed by atoms with van der Waals surface area (Å²) in [5.41, 5.74) is 8.09. The fourth-order valence-corrected chi connectivity index (χ4v) is 2.15. The maximum absolute atomic E-state index is 5.78. The third-order valence-corrected chi connectivity index (χ3v) is 3.17. The summed E-state index contributed by atoms with van der Waals surface area (Å²) in [7, 11) is 0. The molecule has 1 heterocycles. The topological polar surface area (TPSA) is 44.5 Å². The van der Waals surface area contributed by atoms with E-state index in [1.165, 1.54) is 11.1 Å². The zero-order valence-electron chi connectivity index (χ0n) is 10.5. The van der Waals surface area contributed by atoms with E-state index in [0.29, 0.717) is 0 Å². The predicted molar refractivity (Wildman–Crippen MR) is 68.8 cm³/mol. The number of rotatable bonds is 4. The highest BCUT2D eigenvalue weighted by atomic mass is 16.5. The number of fused-ring (bicyclic) bond motifs is 1. The van der Waals surface area contributed by atoms with Crippen LogP contribution in [-0.4, -0.2) is 19.8 Å². The molecular weight excluding hydrogens is 214 g/mol. The summed E-state index contributed by atoms with van der Waals surface area (Å²) in [5.74, 6) is 1.83. The second-order valence-corrected chi connectivity index (χ2v) is 4.47. The smallest absolute Gasteiger partial charge is 0.164 e. The van der Waals surface area contributed by atoms with Gasteiger partial charge in [0, 0.05) is 6.42 Å². The van der Waals surface area contributed by atoms with Crippen LogP contribution in [-0.2, 0) is 6.42 Å². The lowest BCUT2D eigenvalue weighted by Crippen LogP contribution is -2.01. The zero-order chi connectivity index (χ0) is 12.1. The van der Waals surface area contributed by atoms with Gasteiger partial charge in [-0.1, -0.05) is 6.07 Å².